The number of alkyl halides is 1. The van der Waals surface area contributed by atoms with Crippen molar-refractivity contribution in [3.05, 3.63) is 35.9 Å². The molecule has 21 heavy (non-hydrogen) atoms. The number of carbonyl (C=O) groups excluding carboxylic acids is 3. The summed E-state index contributed by atoms with van der Waals surface area (Å²) in [6.45, 7) is 0.372. The van der Waals surface area contributed by atoms with E-state index >= 15 is 0 Å². The van der Waals surface area contributed by atoms with Gasteiger partial charge in [0.2, 0.25) is 11.8 Å². The molecular weight excluding hydrogens is 294 g/mol. The molecule has 0 aliphatic heterocycles. The van der Waals surface area contributed by atoms with E-state index in [9.17, 15) is 14.4 Å². The molecule has 7 heteroatoms. The highest BCUT2D eigenvalue weighted by Crippen LogP contribution is 2.02. The number of primary amides is 1. The molecule has 0 aliphatic carbocycles. The summed E-state index contributed by atoms with van der Waals surface area (Å²) < 4.78 is 0. The Hall–Kier alpha value is -2.08. The highest BCUT2D eigenvalue weighted by atomic mass is 35.5. The van der Waals surface area contributed by atoms with E-state index in [-0.39, 0.29) is 17.7 Å². The number of nitrogens with two attached hydrogens (primary N) is 1. The van der Waals surface area contributed by atoms with Crippen molar-refractivity contribution in [2.24, 2.45) is 5.73 Å². The number of benzene rings is 1. The van der Waals surface area contributed by atoms with Gasteiger partial charge in [-0.2, -0.15) is 0 Å². The lowest BCUT2D eigenvalue weighted by atomic mass is 10.1. The van der Waals surface area contributed by atoms with Crippen molar-refractivity contribution in [1.29, 1.82) is 0 Å². The van der Waals surface area contributed by atoms with Crippen LogP contribution in [0.4, 0.5) is 0 Å². The summed E-state index contributed by atoms with van der Waals surface area (Å²) in [5.41, 5.74) is 5.73. The molecule has 4 N–H and O–H groups in total. The topological polar surface area (TPSA) is 101 Å². The Labute approximate surface area is 128 Å². The van der Waals surface area contributed by atoms with Crippen molar-refractivity contribution in [2.45, 2.75) is 18.9 Å². The average molecular weight is 312 g/mol. The smallest absolute Gasteiger partial charge is 0.251 e. The van der Waals surface area contributed by atoms with Crippen molar-refractivity contribution in [2.75, 3.05) is 12.4 Å². The fraction of sp³-hybridized carbons (Fsp3) is 0.357. The molecule has 1 unspecified atom stereocenters. The molecule has 0 bridgehead atoms. The van der Waals surface area contributed by atoms with Crippen LogP contribution in [0.5, 0.6) is 0 Å². The molecule has 0 spiro atoms. The largest absolute Gasteiger partial charge is 0.368 e. The van der Waals surface area contributed by atoms with Gasteiger partial charge >= 0.3 is 0 Å². The van der Waals surface area contributed by atoms with Crippen LogP contribution in [0, 0.1) is 0 Å². The zero-order chi connectivity index (χ0) is 15.7. The Kier molecular flexibility index (Phi) is 7.25. The molecular formula is C14H18ClN3O3. The summed E-state index contributed by atoms with van der Waals surface area (Å²) in [5, 5.41) is 5.16. The first-order chi connectivity index (χ1) is 10.0. The van der Waals surface area contributed by atoms with Gasteiger partial charge in [0.15, 0.2) is 0 Å². The lowest BCUT2D eigenvalue weighted by Crippen LogP contribution is -2.44. The minimum atomic E-state index is -0.773. The summed E-state index contributed by atoms with van der Waals surface area (Å²) in [4.78, 5) is 34.2. The van der Waals surface area contributed by atoms with Crippen molar-refractivity contribution in [1.82, 2.24) is 10.6 Å². The van der Waals surface area contributed by atoms with Gasteiger partial charge in [0.05, 0.1) is 0 Å². The fourth-order valence-electron chi connectivity index (χ4n) is 1.70. The third-order valence-corrected chi connectivity index (χ3v) is 3.04. The van der Waals surface area contributed by atoms with Crippen LogP contribution in [0.25, 0.3) is 0 Å². The highest BCUT2D eigenvalue weighted by molar-refractivity contribution is 6.27. The monoisotopic (exact) mass is 311 g/mol. The van der Waals surface area contributed by atoms with Crippen molar-refractivity contribution < 1.29 is 14.4 Å². The quantitative estimate of drug-likeness (QED) is 0.478. The van der Waals surface area contributed by atoms with Gasteiger partial charge < -0.3 is 16.4 Å². The van der Waals surface area contributed by atoms with Crippen LogP contribution in [0.3, 0.4) is 0 Å². The minimum Gasteiger partial charge on any atom is -0.368 e. The average Bonchev–Trinajstić information content (AvgIpc) is 2.50. The van der Waals surface area contributed by atoms with E-state index in [1.54, 1.807) is 30.3 Å². The Morgan fingerprint density at radius 1 is 1.19 bits per heavy atom. The van der Waals surface area contributed by atoms with Gasteiger partial charge in [-0.1, -0.05) is 18.2 Å². The second-order valence-electron chi connectivity index (χ2n) is 4.42. The first-order valence-corrected chi connectivity index (χ1v) is 7.06. The van der Waals surface area contributed by atoms with Gasteiger partial charge in [-0.3, -0.25) is 14.4 Å². The lowest BCUT2D eigenvalue weighted by Gasteiger charge is -2.15. The molecule has 0 aliphatic rings. The molecule has 1 aromatic carbocycles. The summed E-state index contributed by atoms with van der Waals surface area (Å²) >= 11 is 5.34. The van der Waals surface area contributed by atoms with Crippen LogP contribution < -0.4 is 16.4 Å². The number of hydrogen-bond acceptors (Lipinski definition) is 3. The maximum atomic E-state index is 11.9. The SMILES string of the molecule is NC(=O)C(CCCNC(=O)CCl)NC(=O)c1ccccc1. The third-order valence-electron chi connectivity index (χ3n) is 2.80. The Morgan fingerprint density at radius 3 is 2.43 bits per heavy atom. The van der Waals surface area contributed by atoms with Crippen LogP contribution in [0.15, 0.2) is 30.3 Å². The Morgan fingerprint density at radius 2 is 1.86 bits per heavy atom. The first kappa shape index (κ1) is 17.0. The number of nitrogens with one attached hydrogen (secondary N) is 2. The molecule has 3 amide bonds. The molecule has 114 valence electrons. The van der Waals surface area contributed by atoms with Crippen LogP contribution in [-0.2, 0) is 9.59 Å². The Balaban J connectivity index is 2.45. The van der Waals surface area contributed by atoms with Crippen molar-refractivity contribution >= 4 is 29.3 Å². The van der Waals surface area contributed by atoms with E-state index in [4.69, 9.17) is 17.3 Å². The predicted octanol–water partition coefficient (Wildman–Crippen LogP) is 0.406. The molecule has 0 aromatic heterocycles. The van der Waals surface area contributed by atoms with Crippen molar-refractivity contribution in [3.63, 3.8) is 0 Å². The van der Waals surface area contributed by atoms with Gasteiger partial charge in [-0.15, -0.1) is 11.6 Å². The number of amides is 3. The molecule has 1 atom stereocenters. The Bertz CT molecular complexity index is 493. The molecule has 0 saturated heterocycles. The summed E-state index contributed by atoms with van der Waals surface area (Å²) in [7, 11) is 0. The van der Waals surface area contributed by atoms with E-state index < -0.39 is 11.9 Å². The molecule has 1 rings (SSSR count). The predicted molar refractivity (Wildman–Crippen MR) is 79.9 cm³/mol. The standard InChI is InChI=1S/C14H18ClN3O3/c15-9-12(19)17-8-4-7-11(13(16)20)18-14(21)10-5-2-1-3-6-10/h1-3,5-6,11H,4,7-9H2,(H2,16,20)(H,17,19)(H,18,21). The minimum absolute atomic E-state index is 0.107. The van der Waals surface area contributed by atoms with E-state index in [2.05, 4.69) is 10.6 Å². The van der Waals surface area contributed by atoms with Crippen LogP contribution >= 0.6 is 11.6 Å². The number of halogens is 1. The maximum absolute atomic E-state index is 11.9. The second kappa shape index (κ2) is 8.97. The normalized spacial score (nSPS) is 11.5. The van der Waals surface area contributed by atoms with E-state index in [1.807, 2.05) is 0 Å². The second-order valence-corrected chi connectivity index (χ2v) is 4.69. The third kappa shape index (κ3) is 6.27. The van der Waals surface area contributed by atoms with Gasteiger partial charge in [-0.25, -0.2) is 0 Å². The zero-order valence-electron chi connectivity index (χ0n) is 11.5. The molecule has 6 nitrogen and oxygen atoms in total. The van der Waals surface area contributed by atoms with Crippen LogP contribution in [0.2, 0.25) is 0 Å². The summed E-state index contributed by atoms with van der Waals surface area (Å²) in [6, 6.07) is 7.78. The lowest BCUT2D eigenvalue weighted by molar-refractivity contribution is -0.120. The van der Waals surface area contributed by atoms with Crippen molar-refractivity contribution in [3.8, 4) is 0 Å². The van der Waals surface area contributed by atoms with Crippen LogP contribution in [0.1, 0.15) is 23.2 Å². The molecule has 1 aromatic rings. The zero-order valence-corrected chi connectivity index (χ0v) is 12.2. The van der Waals surface area contributed by atoms with E-state index in [0.29, 0.717) is 24.9 Å². The fourth-order valence-corrected chi connectivity index (χ4v) is 1.79. The molecule has 0 saturated carbocycles. The van der Waals surface area contributed by atoms with E-state index in [0.717, 1.165) is 0 Å². The van der Waals surface area contributed by atoms with E-state index in [1.165, 1.54) is 0 Å². The summed E-state index contributed by atoms with van der Waals surface area (Å²) in [5.74, 6) is -1.35. The molecule has 0 radical (unpaired) electrons. The first-order valence-electron chi connectivity index (χ1n) is 6.52. The van der Waals surface area contributed by atoms with Gasteiger partial charge in [0.25, 0.3) is 5.91 Å². The number of rotatable bonds is 8. The van der Waals surface area contributed by atoms with Crippen LogP contribution in [-0.4, -0.2) is 36.2 Å². The van der Waals surface area contributed by atoms with Gasteiger partial charge in [0, 0.05) is 12.1 Å². The van der Waals surface area contributed by atoms with Gasteiger partial charge in [0.1, 0.15) is 11.9 Å². The summed E-state index contributed by atoms with van der Waals surface area (Å²) in [6.07, 6.45) is 0.849. The molecule has 0 fully saturated rings. The maximum Gasteiger partial charge on any atom is 0.251 e. The highest BCUT2D eigenvalue weighted by Gasteiger charge is 2.18. The molecule has 0 heterocycles. The van der Waals surface area contributed by atoms with Gasteiger partial charge in [-0.05, 0) is 25.0 Å². The number of carbonyl (C=O) groups is 3. The number of hydrogen-bond donors (Lipinski definition) is 3.